The third kappa shape index (κ3) is 5.13. The average molecular weight is 530 g/mol. The number of sulfonamides is 1. The second-order valence-corrected chi connectivity index (χ2v) is 10.3. The Hall–Kier alpha value is -3.11. The van der Waals surface area contributed by atoms with E-state index in [9.17, 15) is 8.42 Å². The fourth-order valence-electron chi connectivity index (χ4n) is 3.81. The number of anilines is 4. The number of fused-ring (bicyclic) bond motifs is 1. The molecule has 0 radical (unpaired) electrons. The largest absolute Gasteiger partial charge is 0.378 e. The summed E-state index contributed by atoms with van der Waals surface area (Å²) in [4.78, 5) is 11.3. The molecule has 4 aromatic rings. The molecule has 1 fully saturated rings. The lowest BCUT2D eigenvalue weighted by Gasteiger charge is -2.30. The fraction of sp³-hybridized carbons (Fsp3) is 0.167. The summed E-state index contributed by atoms with van der Waals surface area (Å²) in [5.74, 6) is 0.294. The molecule has 0 saturated carbocycles. The molecule has 2 heterocycles. The van der Waals surface area contributed by atoms with Gasteiger partial charge in [-0.1, -0.05) is 47.5 Å². The maximum Gasteiger partial charge on any atom is 0.264 e. The summed E-state index contributed by atoms with van der Waals surface area (Å²) in [7, 11) is -4.12. The van der Waals surface area contributed by atoms with Crippen LogP contribution >= 0.6 is 23.2 Å². The van der Waals surface area contributed by atoms with Crippen LogP contribution in [0.3, 0.4) is 0 Å². The molecule has 1 aliphatic rings. The van der Waals surface area contributed by atoms with Gasteiger partial charge in [-0.15, -0.1) is 0 Å². The first-order valence-corrected chi connectivity index (χ1v) is 13.1. The van der Waals surface area contributed by atoms with Gasteiger partial charge in [-0.05, 0) is 42.5 Å². The number of nitrogens with zero attached hydrogens (tertiary/aromatic N) is 3. The smallest absolute Gasteiger partial charge is 0.264 e. The van der Waals surface area contributed by atoms with E-state index in [1.807, 2.05) is 42.5 Å². The van der Waals surface area contributed by atoms with Crippen molar-refractivity contribution in [3.63, 3.8) is 0 Å². The van der Waals surface area contributed by atoms with Crippen molar-refractivity contribution in [1.29, 1.82) is 0 Å². The summed E-state index contributed by atoms with van der Waals surface area (Å²) >= 11 is 12.2. The lowest BCUT2D eigenvalue weighted by molar-refractivity contribution is 0.123. The minimum Gasteiger partial charge on any atom is -0.378 e. The molecular weight excluding hydrogens is 509 g/mol. The molecule has 0 amide bonds. The van der Waals surface area contributed by atoms with Crippen molar-refractivity contribution >= 4 is 67.3 Å². The Morgan fingerprint density at radius 2 is 1.51 bits per heavy atom. The number of aromatic nitrogens is 2. The summed E-state index contributed by atoms with van der Waals surface area (Å²) in [6, 6.07) is 19.2. The van der Waals surface area contributed by atoms with Gasteiger partial charge in [-0.25, -0.2) is 18.4 Å². The fourth-order valence-corrected chi connectivity index (χ4v) is 5.58. The minimum absolute atomic E-state index is 0.0384. The van der Waals surface area contributed by atoms with Crippen LogP contribution in [0.5, 0.6) is 0 Å². The molecule has 8 nitrogen and oxygen atoms in total. The molecule has 35 heavy (non-hydrogen) atoms. The Bertz CT molecular complexity index is 1490. The lowest BCUT2D eigenvalue weighted by atomic mass is 10.2. The molecule has 0 spiro atoms. The van der Waals surface area contributed by atoms with Crippen LogP contribution in [-0.2, 0) is 14.8 Å². The summed E-state index contributed by atoms with van der Waals surface area (Å²) in [6.45, 7) is 2.76. The van der Waals surface area contributed by atoms with Gasteiger partial charge in [0.25, 0.3) is 10.0 Å². The SMILES string of the molecule is O=S(=O)(Nc1nc2ccccc2nc1Nc1ccccc1N1CCOCC1)c1cc(Cl)ccc1Cl. The first-order chi connectivity index (χ1) is 16.9. The van der Waals surface area contributed by atoms with Crippen LogP contribution in [0.1, 0.15) is 0 Å². The van der Waals surface area contributed by atoms with Crippen molar-refractivity contribution < 1.29 is 13.2 Å². The molecule has 0 atom stereocenters. The van der Waals surface area contributed by atoms with Gasteiger partial charge < -0.3 is 15.0 Å². The number of para-hydroxylation sites is 4. The zero-order valence-electron chi connectivity index (χ0n) is 18.4. The second kappa shape index (κ2) is 9.87. The van der Waals surface area contributed by atoms with Crippen molar-refractivity contribution in [3.05, 3.63) is 76.8 Å². The third-order valence-electron chi connectivity index (χ3n) is 5.49. The van der Waals surface area contributed by atoms with E-state index in [1.54, 1.807) is 6.07 Å². The number of hydrogen-bond donors (Lipinski definition) is 2. The predicted molar refractivity (Wildman–Crippen MR) is 140 cm³/mol. The first-order valence-electron chi connectivity index (χ1n) is 10.8. The van der Waals surface area contributed by atoms with E-state index in [-0.39, 0.29) is 26.6 Å². The van der Waals surface area contributed by atoms with Crippen molar-refractivity contribution in [2.45, 2.75) is 4.90 Å². The maximum absolute atomic E-state index is 13.3. The number of halogens is 2. The van der Waals surface area contributed by atoms with Crippen LogP contribution in [0.4, 0.5) is 23.0 Å². The Balaban J connectivity index is 1.57. The molecule has 1 saturated heterocycles. The van der Waals surface area contributed by atoms with Gasteiger partial charge in [0.1, 0.15) is 4.90 Å². The van der Waals surface area contributed by atoms with Crippen molar-refractivity contribution in [2.24, 2.45) is 0 Å². The van der Waals surface area contributed by atoms with Crippen molar-refractivity contribution in [1.82, 2.24) is 9.97 Å². The van der Waals surface area contributed by atoms with Gasteiger partial charge in [-0.3, -0.25) is 4.72 Å². The zero-order chi connectivity index (χ0) is 24.4. The van der Waals surface area contributed by atoms with Gasteiger partial charge in [0.2, 0.25) is 0 Å². The summed E-state index contributed by atoms with van der Waals surface area (Å²) < 4.78 is 34.5. The van der Waals surface area contributed by atoms with Gasteiger partial charge >= 0.3 is 0 Å². The molecule has 2 N–H and O–H groups in total. The molecule has 0 aliphatic carbocycles. The lowest BCUT2D eigenvalue weighted by Crippen LogP contribution is -2.36. The average Bonchev–Trinajstić information content (AvgIpc) is 2.86. The van der Waals surface area contributed by atoms with Crippen LogP contribution in [0, 0.1) is 0 Å². The molecule has 180 valence electrons. The standard InChI is InChI=1S/C24H21Cl2N5O3S/c25-16-9-10-17(26)22(15-16)35(32,33)30-24-23(27-18-5-1-2-6-19(18)28-24)29-20-7-3-4-8-21(20)31-11-13-34-14-12-31/h1-10,15H,11-14H2,(H,27,29)(H,28,30). The molecule has 11 heteroatoms. The van der Waals surface area contributed by atoms with Crippen molar-refractivity contribution in [3.8, 4) is 0 Å². The second-order valence-electron chi connectivity index (χ2n) is 7.83. The third-order valence-corrected chi connectivity index (χ3v) is 7.55. The molecule has 1 aromatic heterocycles. The van der Waals surface area contributed by atoms with Crippen LogP contribution < -0.4 is 14.9 Å². The van der Waals surface area contributed by atoms with E-state index in [1.165, 1.54) is 18.2 Å². The monoisotopic (exact) mass is 529 g/mol. The van der Waals surface area contributed by atoms with Gasteiger partial charge in [0, 0.05) is 18.1 Å². The van der Waals surface area contributed by atoms with Crippen LogP contribution in [0.15, 0.2) is 71.6 Å². The first kappa shape index (κ1) is 23.6. The van der Waals surface area contributed by atoms with Crippen LogP contribution in [0.2, 0.25) is 10.0 Å². The Kier molecular flexibility index (Phi) is 6.66. The van der Waals surface area contributed by atoms with Gasteiger partial charge in [0.15, 0.2) is 11.6 Å². The highest BCUT2D eigenvalue weighted by Gasteiger charge is 2.23. The highest BCUT2D eigenvalue weighted by Crippen LogP contribution is 2.33. The quantitative estimate of drug-likeness (QED) is 0.349. The van der Waals surface area contributed by atoms with Gasteiger partial charge in [0.05, 0.1) is 40.6 Å². The molecule has 0 bridgehead atoms. The van der Waals surface area contributed by atoms with E-state index in [0.29, 0.717) is 24.2 Å². The number of hydrogen-bond acceptors (Lipinski definition) is 7. The molecule has 3 aromatic carbocycles. The number of nitrogens with one attached hydrogen (secondary N) is 2. The number of rotatable bonds is 6. The summed E-state index contributed by atoms with van der Waals surface area (Å²) in [6.07, 6.45) is 0. The summed E-state index contributed by atoms with van der Waals surface area (Å²) in [5, 5.41) is 3.58. The van der Waals surface area contributed by atoms with E-state index in [4.69, 9.17) is 27.9 Å². The van der Waals surface area contributed by atoms with E-state index in [0.717, 1.165) is 24.5 Å². The highest BCUT2D eigenvalue weighted by atomic mass is 35.5. The maximum atomic E-state index is 13.3. The highest BCUT2D eigenvalue weighted by molar-refractivity contribution is 7.92. The van der Waals surface area contributed by atoms with E-state index in [2.05, 4.69) is 24.9 Å². The molecule has 1 aliphatic heterocycles. The molecule has 0 unspecified atom stereocenters. The predicted octanol–water partition coefficient (Wildman–Crippen LogP) is 5.32. The van der Waals surface area contributed by atoms with E-state index >= 15 is 0 Å². The molecular formula is C24H21Cl2N5O3S. The number of morpholine rings is 1. The van der Waals surface area contributed by atoms with Crippen molar-refractivity contribution in [2.75, 3.05) is 41.2 Å². The van der Waals surface area contributed by atoms with Crippen LogP contribution in [0.25, 0.3) is 11.0 Å². The zero-order valence-corrected chi connectivity index (χ0v) is 20.7. The minimum atomic E-state index is -4.12. The van der Waals surface area contributed by atoms with Gasteiger partial charge in [-0.2, -0.15) is 0 Å². The topological polar surface area (TPSA) is 96.5 Å². The van der Waals surface area contributed by atoms with E-state index < -0.39 is 10.0 Å². The number of benzene rings is 3. The number of ether oxygens (including phenoxy) is 1. The Morgan fingerprint density at radius 3 is 2.26 bits per heavy atom. The summed E-state index contributed by atoms with van der Waals surface area (Å²) in [5.41, 5.74) is 2.87. The normalized spacial score (nSPS) is 14.2. The Labute approximate surface area is 212 Å². The molecule has 5 rings (SSSR count). The van der Waals surface area contributed by atoms with Crippen LogP contribution in [-0.4, -0.2) is 44.7 Å². The Morgan fingerprint density at radius 1 is 0.857 bits per heavy atom.